The topological polar surface area (TPSA) is 43.1 Å². The van der Waals surface area contributed by atoms with Gasteiger partial charge in [0.25, 0.3) is 5.69 Å². The molecule has 0 aliphatic carbocycles. The maximum atomic E-state index is 10.6. The van der Waals surface area contributed by atoms with Crippen molar-refractivity contribution in [2.75, 3.05) is 0 Å². The van der Waals surface area contributed by atoms with Crippen LogP contribution in [0.15, 0.2) is 24.8 Å². The first-order valence-corrected chi connectivity index (χ1v) is 4.93. The fraction of sp³-hybridized carbons (Fsp3) is 0.333. The van der Waals surface area contributed by atoms with Crippen LogP contribution in [0.3, 0.4) is 0 Å². The van der Waals surface area contributed by atoms with Crippen molar-refractivity contribution in [2.45, 2.75) is 27.7 Å². The van der Waals surface area contributed by atoms with E-state index in [0.717, 1.165) is 5.56 Å². The van der Waals surface area contributed by atoms with Crippen LogP contribution in [-0.4, -0.2) is 4.92 Å². The van der Waals surface area contributed by atoms with Crippen LogP contribution in [0.5, 0.6) is 0 Å². The van der Waals surface area contributed by atoms with Crippen molar-refractivity contribution in [1.29, 1.82) is 0 Å². The molecule has 0 saturated carbocycles. The van der Waals surface area contributed by atoms with Gasteiger partial charge in [0.2, 0.25) is 0 Å². The quantitative estimate of drug-likeness (QED) is 0.544. The molecule has 0 amide bonds. The molecule has 0 unspecified atom stereocenters. The number of allylic oxidation sites excluding steroid dienone is 1. The Hall–Kier alpha value is -1.64. The number of nitro benzene ring substituents is 1. The lowest BCUT2D eigenvalue weighted by molar-refractivity contribution is -0.385. The molecule has 0 spiro atoms. The van der Waals surface area contributed by atoms with Crippen LogP contribution < -0.4 is 0 Å². The zero-order chi connectivity index (χ0) is 12.0. The standard InChI is InChI=1S/C10H11NO2.C2H6/c1-7(2)9-5-4-8(3)6-10(9)11(12)13;1-2/h4-6H,1H2,2-3H3;1-2H3. The van der Waals surface area contributed by atoms with Gasteiger partial charge >= 0.3 is 0 Å². The minimum atomic E-state index is -0.378. The van der Waals surface area contributed by atoms with Gasteiger partial charge in [0.15, 0.2) is 0 Å². The normalized spacial score (nSPS) is 8.80. The van der Waals surface area contributed by atoms with Crippen LogP contribution in [0.1, 0.15) is 31.9 Å². The lowest BCUT2D eigenvalue weighted by atomic mass is 10.0. The van der Waals surface area contributed by atoms with Crippen LogP contribution in [0.25, 0.3) is 5.57 Å². The van der Waals surface area contributed by atoms with Gasteiger partial charge in [-0.15, -0.1) is 0 Å². The second kappa shape index (κ2) is 5.96. The van der Waals surface area contributed by atoms with E-state index in [2.05, 4.69) is 6.58 Å². The first kappa shape index (κ1) is 13.4. The van der Waals surface area contributed by atoms with E-state index < -0.39 is 0 Å². The van der Waals surface area contributed by atoms with Crippen molar-refractivity contribution in [3.8, 4) is 0 Å². The molecular formula is C12H17NO2. The molecule has 0 saturated heterocycles. The van der Waals surface area contributed by atoms with Crippen molar-refractivity contribution in [1.82, 2.24) is 0 Å². The van der Waals surface area contributed by atoms with Gasteiger partial charge < -0.3 is 0 Å². The van der Waals surface area contributed by atoms with E-state index in [-0.39, 0.29) is 10.6 Å². The second-order valence-corrected chi connectivity index (χ2v) is 3.06. The van der Waals surface area contributed by atoms with Gasteiger partial charge in [-0.3, -0.25) is 10.1 Å². The van der Waals surface area contributed by atoms with Crippen molar-refractivity contribution >= 4 is 11.3 Å². The molecule has 0 N–H and O–H groups in total. The third-order valence-electron chi connectivity index (χ3n) is 1.81. The van der Waals surface area contributed by atoms with Crippen LogP contribution in [0, 0.1) is 17.0 Å². The molecule has 3 nitrogen and oxygen atoms in total. The number of hydrogen-bond acceptors (Lipinski definition) is 2. The average Bonchev–Trinajstić information content (AvgIpc) is 2.20. The average molecular weight is 207 g/mol. The Morgan fingerprint density at radius 3 is 2.33 bits per heavy atom. The van der Waals surface area contributed by atoms with Gasteiger partial charge in [0, 0.05) is 6.07 Å². The molecule has 0 aromatic heterocycles. The summed E-state index contributed by atoms with van der Waals surface area (Å²) < 4.78 is 0. The van der Waals surface area contributed by atoms with Crippen LogP contribution >= 0.6 is 0 Å². The molecule has 15 heavy (non-hydrogen) atoms. The second-order valence-electron chi connectivity index (χ2n) is 3.06. The highest BCUT2D eigenvalue weighted by atomic mass is 16.6. The van der Waals surface area contributed by atoms with E-state index >= 15 is 0 Å². The van der Waals surface area contributed by atoms with E-state index in [1.807, 2.05) is 26.8 Å². The molecule has 0 aliphatic heterocycles. The highest BCUT2D eigenvalue weighted by Crippen LogP contribution is 2.25. The smallest absolute Gasteiger partial charge is 0.258 e. The number of benzene rings is 1. The lowest BCUT2D eigenvalue weighted by Crippen LogP contribution is -1.93. The monoisotopic (exact) mass is 207 g/mol. The molecule has 0 heterocycles. The Balaban J connectivity index is 0.000000921. The number of nitro groups is 1. The Bertz CT molecular complexity index is 370. The zero-order valence-corrected chi connectivity index (χ0v) is 9.70. The first-order chi connectivity index (χ1) is 7.02. The van der Waals surface area contributed by atoms with Gasteiger partial charge in [0.1, 0.15) is 0 Å². The van der Waals surface area contributed by atoms with Gasteiger partial charge in [-0.05, 0) is 31.1 Å². The summed E-state index contributed by atoms with van der Waals surface area (Å²) in [5.74, 6) is 0. The van der Waals surface area contributed by atoms with E-state index in [9.17, 15) is 10.1 Å². The highest BCUT2D eigenvalue weighted by Gasteiger charge is 2.13. The summed E-state index contributed by atoms with van der Waals surface area (Å²) >= 11 is 0. The maximum absolute atomic E-state index is 10.6. The molecule has 0 radical (unpaired) electrons. The van der Waals surface area contributed by atoms with Gasteiger partial charge in [0.05, 0.1) is 10.5 Å². The van der Waals surface area contributed by atoms with Gasteiger partial charge in [-0.1, -0.05) is 26.5 Å². The van der Waals surface area contributed by atoms with E-state index in [4.69, 9.17) is 0 Å². The molecule has 1 rings (SSSR count). The molecule has 3 heteroatoms. The molecule has 82 valence electrons. The molecule has 0 bridgehead atoms. The number of hydrogen-bond donors (Lipinski definition) is 0. The molecule has 1 aromatic carbocycles. The Morgan fingerprint density at radius 2 is 1.93 bits per heavy atom. The number of rotatable bonds is 2. The predicted molar refractivity (Wildman–Crippen MR) is 63.9 cm³/mol. The van der Waals surface area contributed by atoms with Crippen LogP contribution in [0.4, 0.5) is 5.69 Å². The largest absolute Gasteiger partial charge is 0.277 e. The summed E-state index contributed by atoms with van der Waals surface area (Å²) in [6.45, 7) is 11.3. The maximum Gasteiger partial charge on any atom is 0.277 e. The summed E-state index contributed by atoms with van der Waals surface area (Å²) in [6.07, 6.45) is 0. The summed E-state index contributed by atoms with van der Waals surface area (Å²) in [6, 6.07) is 5.14. The summed E-state index contributed by atoms with van der Waals surface area (Å²) in [4.78, 5) is 10.3. The fourth-order valence-electron chi connectivity index (χ4n) is 1.15. The predicted octanol–water partition coefficient (Wildman–Crippen LogP) is 3.96. The number of aryl methyl sites for hydroxylation is 1. The van der Waals surface area contributed by atoms with E-state index in [0.29, 0.717) is 11.1 Å². The molecule has 1 aromatic rings. The number of nitrogens with zero attached hydrogens (tertiary/aromatic N) is 1. The van der Waals surface area contributed by atoms with Crippen LogP contribution in [0.2, 0.25) is 0 Å². The minimum absolute atomic E-state index is 0.132. The van der Waals surface area contributed by atoms with Crippen molar-refractivity contribution in [3.63, 3.8) is 0 Å². The summed E-state index contributed by atoms with van der Waals surface area (Å²) in [7, 11) is 0. The van der Waals surface area contributed by atoms with E-state index in [1.54, 1.807) is 19.1 Å². The van der Waals surface area contributed by atoms with Gasteiger partial charge in [-0.2, -0.15) is 0 Å². The van der Waals surface area contributed by atoms with Crippen molar-refractivity contribution in [3.05, 3.63) is 46.0 Å². The van der Waals surface area contributed by atoms with Crippen molar-refractivity contribution < 1.29 is 4.92 Å². The summed E-state index contributed by atoms with van der Waals surface area (Å²) in [5.41, 5.74) is 2.34. The Morgan fingerprint density at radius 1 is 1.40 bits per heavy atom. The highest BCUT2D eigenvalue weighted by molar-refractivity contribution is 5.70. The Labute approximate surface area is 90.6 Å². The van der Waals surface area contributed by atoms with E-state index in [1.165, 1.54) is 0 Å². The van der Waals surface area contributed by atoms with Crippen LogP contribution in [-0.2, 0) is 0 Å². The molecule has 0 aliphatic rings. The fourth-order valence-corrected chi connectivity index (χ4v) is 1.15. The molecule has 0 atom stereocenters. The van der Waals surface area contributed by atoms with Gasteiger partial charge in [-0.25, -0.2) is 0 Å². The summed E-state index contributed by atoms with van der Waals surface area (Å²) in [5, 5.41) is 10.6. The molecular weight excluding hydrogens is 190 g/mol. The third kappa shape index (κ3) is 3.54. The molecule has 0 fully saturated rings. The Kier molecular flexibility index (Phi) is 5.31. The third-order valence-corrected chi connectivity index (χ3v) is 1.81. The first-order valence-electron chi connectivity index (χ1n) is 4.93. The minimum Gasteiger partial charge on any atom is -0.258 e. The zero-order valence-electron chi connectivity index (χ0n) is 9.70. The SMILES string of the molecule is C=C(C)c1ccc(C)cc1[N+](=O)[O-].CC. The lowest BCUT2D eigenvalue weighted by Gasteiger charge is -2.02. The van der Waals surface area contributed by atoms with Crippen molar-refractivity contribution in [2.24, 2.45) is 0 Å².